The number of amidine groups is 1. The fraction of sp³-hybridized carbons (Fsp3) is 0.240. The van der Waals surface area contributed by atoms with E-state index in [0.29, 0.717) is 11.1 Å². The van der Waals surface area contributed by atoms with Crippen LogP contribution in [0.5, 0.6) is 0 Å². The molecule has 1 heterocycles. The Morgan fingerprint density at radius 3 is 2.63 bits per heavy atom. The molecule has 0 saturated carbocycles. The molecular formula is C25H25N3O8S2. The predicted molar refractivity (Wildman–Crippen MR) is 142 cm³/mol. The van der Waals surface area contributed by atoms with Crippen molar-refractivity contribution in [1.82, 2.24) is 0 Å². The smallest absolute Gasteiger partial charge is 0.330 e. The largest absolute Gasteiger partial charge is 0.506 e. The van der Waals surface area contributed by atoms with Crippen molar-refractivity contribution in [1.29, 1.82) is 0 Å². The molecule has 1 aliphatic carbocycles. The highest BCUT2D eigenvalue weighted by Crippen LogP contribution is 2.43. The van der Waals surface area contributed by atoms with Crippen molar-refractivity contribution in [2.45, 2.75) is 30.6 Å². The van der Waals surface area contributed by atoms with Crippen LogP contribution < -0.4 is 10.0 Å². The molecule has 38 heavy (non-hydrogen) atoms. The highest BCUT2D eigenvalue weighted by molar-refractivity contribution is 7.92. The lowest BCUT2D eigenvalue weighted by atomic mass is 9.67. The minimum Gasteiger partial charge on any atom is -0.506 e. The molecular weight excluding hydrogens is 534 g/mol. The number of carbonyl (C=O) groups is 2. The summed E-state index contributed by atoms with van der Waals surface area (Å²) in [5, 5.41) is 13.9. The fourth-order valence-corrected chi connectivity index (χ4v) is 6.06. The Kier molecular flexibility index (Phi) is 6.93. The number of hydrogen-bond donors (Lipinski definition) is 3. The molecule has 2 aromatic carbocycles. The number of anilines is 2. The monoisotopic (exact) mass is 559 g/mol. The number of sulfonamides is 2. The zero-order chi connectivity index (χ0) is 27.9. The Labute approximate surface area is 220 Å². The number of carbonyl (C=O) groups excluding carboxylic acids is 2. The number of allylic oxidation sites excluding steroid dienone is 1. The topological polar surface area (TPSA) is 168 Å². The number of esters is 1. The lowest BCUT2D eigenvalue weighted by Gasteiger charge is -2.35. The number of hydrogen-bond acceptors (Lipinski definition) is 9. The van der Waals surface area contributed by atoms with Crippen LogP contribution in [0.2, 0.25) is 0 Å². The molecule has 2 aromatic rings. The number of nitrogens with zero attached hydrogens (tertiary/aromatic N) is 1. The van der Waals surface area contributed by atoms with Crippen molar-refractivity contribution in [3.05, 3.63) is 71.3 Å². The summed E-state index contributed by atoms with van der Waals surface area (Å²) in [5.74, 6) is -2.00. The zero-order valence-corrected chi connectivity index (χ0v) is 22.3. The van der Waals surface area contributed by atoms with Crippen LogP contribution in [0.1, 0.15) is 31.4 Å². The molecule has 0 aromatic heterocycles. The van der Waals surface area contributed by atoms with Crippen LogP contribution in [0.15, 0.2) is 69.5 Å². The van der Waals surface area contributed by atoms with Crippen molar-refractivity contribution >= 4 is 54.8 Å². The summed E-state index contributed by atoms with van der Waals surface area (Å²) < 4.78 is 60.2. The van der Waals surface area contributed by atoms with Crippen LogP contribution in [-0.2, 0) is 39.8 Å². The molecule has 0 radical (unpaired) electrons. The fourth-order valence-electron chi connectivity index (χ4n) is 4.36. The van der Waals surface area contributed by atoms with E-state index in [1.165, 1.54) is 24.3 Å². The Hall–Kier alpha value is -3.97. The maximum atomic E-state index is 13.9. The Bertz CT molecular complexity index is 1660. The molecule has 0 fully saturated rings. The number of aliphatic hydroxyl groups is 1. The molecule has 13 heteroatoms. The third-order valence-corrected chi connectivity index (χ3v) is 8.00. The summed E-state index contributed by atoms with van der Waals surface area (Å²) in [6, 6.07) is 10.4. The number of benzene rings is 2. The van der Waals surface area contributed by atoms with E-state index in [1.807, 2.05) is 0 Å². The molecule has 3 N–H and O–H groups in total. The maximum Gasteiger partial charge on any atom is 0.330 e. The second-order valence-corrected chi connectivity index (χ2v) is 12.2. The van der Waals surface area contributed by atoms with E-state index in [4.69, 9.17) is 4.74 Å². The van der Waals surface area contributed by atoms with Crippen molar-refractivity contribution in [3.8, 4) is 0 Å². The number of Topliss-reactive ketones (excluding diaryl/α,β-unsaturated/α-hetero) is 1. The van der Waals surface area contributed by atoms with Gasteiger partial charge in [-0.25, -0.2) is 13.2 Å². The van der Waals surface area contributed by atoms with Gasteiger partial charge in [-0.1, -0.05) is 30.3 Å². The van der Waals surface area contributed by atoms with Gasteiger partial charge in [0.25, 0.3) is 10.0 Å². The van der Waals surface area contributed by atoms with Gasteiger partial charge in [0.1, 0.15) is 16.2 Å². The molecule has 1 unspecified atom stereocenters. The van der Waals surface area contributed by atoms with E-state index < -0.39 is 43.0 Å². The van der Waals surface area contributed by atoms with Gasteiger partial charge in [-0.15, -0.1) is 4.40 Å². The third kappa shape index (κ3) is 5.07. The lowest BCUT2D eigenvalue weighted by Crippen LogP contribution is -2.42. The summed E-state index contributed by atoms with van der Waals surface area (Å²) in [6.45, 7) is 3.49. The standard InChI is InChI=1S/C25H25N3O8S2/c1-4-36-20(29)10-7-13-25(2)17-9-6-5-8-16(17)22(30)21(23(25)31)24-26-18-12-11-15(27-37(3,32)33)14-19(18)38(34,35)28-24/h5-12,14,27,30H,4,13H2,1-3H3,(H,26,28)/b10-7+. The van der Waals surface area contributed by atoms with Crippen LogP contribution >= 0.6 is 0 Å². The van der Waals surface area contributed by atoms with Crippen molar-refractivity contribution in [2.75, 3.05) is 22.9 Å². The molecule has 4 rings (SSSR count). The van der Waals surface area contributed by atoms with Crippen molar-refractivity contribution < 1.29 is 36.3 Å². The number of fused-ring (bicyclic) bond motifs is 2. The first-order valence-corrected chi connectivity index (χ1v) is 14.8. The number of rotatable bonds is 7. The lowest BCUT2D eigenvalue weighted by molar-refractivity contribution is -0.137. The summed E-state index contributed by atoms with van der Waals surface area (Å²) in [6.07, 6.45) is 3.68. The van der Waals surface area contributed by atoms with E-state index in [1.54, 1.807) is 38.1 Å². The van der Waals surface area contributed by atoms with Gasteiger partial charge < -0.3 is 15.2 Å². The van der Waals surface area contributed by atoms with Crippen LogP contribution in [0, 0.1) is 0 Å². The normalized spacial score (nSPS) is 20.3. The van der Waals surface area contributed by atoms with E-state index in [-0.39, 0.29) is 40.7 Å². The summed E-state index contributed by atoms with van der Waals surface area (Å²) >= 11 is 0. The summed E-state index contributed by atoms with van der Waals surface area (Å²) in [4.78, 5) is 25.4. The van der Waals surface area contributed by atoms with Gasteiger partial charge in [-0.2, -0.15) is 8.42 Å². The van der Waals surface area contributed by atoms with E-state index in [9.17, 15) is 31.5 Å². The van der Waals surface area contributed by atoms with Gasteiger partial charge >= 0.3 is 5.97 Å². The van der Waals surface area contributed by atoms with Crippen LogP contribution in [0.4, 0.5) is 11.4 Å². The first-order valence-electron chi connectivity index (χ1n) is 11.4. The van der Waals surface area contributed by atoms with Gasteiger partial charge in [0.05, 0.1) is 24.0 Å². The third-order valence-electron chi connectivity index (χ3n) is 6.07. The quantitative estimate of drug-likeness (QED) is 0.341. The van der Waals surface area contributed by atoms with Gasteiger partial charge in [0.2, 0.25) is 10.0 Å². The highest BCUT2D eigenvalue weighted by Gasteiger charge is 2.46. The molecule has 0 saturated heterocycles. The second kappa shape index (κ2) is 9.72. The van der Waals surface area contributed by atoms with Crippen LogP contribution in [-0.4, -0.2) is 52.4 Å². The van der Waals surface area contributed by atoms with Crippen molar-refractivity contribution in [3.63, 3.8) is 0 Å². The molecule has 200 valence electrons. The second-order valence-electron chi connectivity index (χ2n) is 8.91. The zero-order valence-electron chi connectivity index (χ0n) is 20.7. The van der Waals surface area contributed by atoms with Crippen LogP contribution in [0.25, 0.3) is 5.76 Å². The van der Waals surface area contributed by atoms with E-state index >= 15 is 0 Å². The number of ether oxygens (including phenoxy) is 1. The molecule has 2 aliphatic rings. The Morgan fingerprint density at radius 1 is 1.24 bits per heavy atom. The van der Waals surface area contributed by atoms with Gasteiger partial charge in [0.15, 0.2) is 11.6 Å². The molecule has 11 nitrogen and oxygen atoms in total. The van der Waals surface area contributed by atoms with Crippen LogP contribution in [0.3, 0.4) is 0 Å². The Balaban J connectivity index is 1.79. The average Bonchev–Trinajstić information content (AvgIpc) is 2.82. The Morgan fingerprint density at radius 2 is 1.95 bits per heavy atom. The van der Waals surface area contributed by atoms with Crippen molar-refractivity contribution in [2.24, 2.45) is 4.40 Å². The molecule has 0 spiro atoms. The van der Waals surface area contributed by atoms with E-state index in [0.717, 1.165) is 12.3 Å². The average molecular weight is 560 g/mol. The molecule has 1 aliphatic heterocycles. The molecule has 0 amide bonds. The van der Waals surface area contributed by atoms with Gasteiger partial charge in [0, 0.05) is 17.3 Å². The minimum absolute atomic E-state index is 0.0148. The molecule has 0 bridgehead atoms. The SMILES string of the molecule is CCOC(=O)/C=C/CC1(C)C(=O)C(C2=NS(=O)(=O)c3cc(NS(C)(=O)=O)ccc3N2)=C(O)c2ccccc21. The first kappa shape index (κ1) is 27.1. The van der Waals surface area contributed by atoms with E-state index in [2.05, 4.69) is 14.4 Å². The number of nitrogens with one attached hydrogen (secondary N) is 2. The van der Waals surface area contributed by atoms with Gasteiger partial charge in [-0.05, 0) is 44.0 Å². The minimum atomic E-state index is -4.40. The maximum absolute atomic E-state index is 13.9. The molecule has 1 atom stereocenters. The number of aliphatic hydroxyl groups excluding tert-OH is 1. The van der Waals surface area contributed by atoms with Gasteiger partial charge in [-0.3, -0.25) is 9.52 Å². The summed E-state index contributed by atoms with van der Waals surface area (Å²) in [7, 11) is -8.06. The highest BCUT2D eigenvalue weighted by atomic mass is 32.2. The summed E-state index contributed by atoms with van der Waals surface area (Å²) in [5.41, 5.74) is -0.738. The predicted octanol–water partition coefficient (Wildman–Crippen LogP) is 2.89. The first-order chi connectivity index (χ1) is 17.8. The number of ketones is 1.